The second-order valence-electron chi connectivity index (χ2n) is 7.43. The predicted octanol–water partition coefficient (Wildman–Crippen LogP) is 4.73. The Kier molecular flexibility index (Phi) is 6.66. The Bertz CT molecular complexity index is 1110. The van der Waals surface area contributed by atoms with E-state index in [1.807, 2.05) is 12.1 Å². The van der Waals surface area contributed by atoms with Crippen molar-refractivity contribution in [1.29, 1.82) is 0 Å². The highest BCUT2D eigenvalue weighted by molar-refractivity contribution is 9.10. The normalized spacial score (nSPS) is 18.8. The maximum absolute atomic E-state index is 10.8. The molecule has 164 valence electrons. The van der Waals surface area contributed by atoms with Gasteiger partial charge in [0, 0.05) is 22.0 Å². The van der Waals surface area contributed by atoms with Crippen molar-refractivity contribution in [1.82, 2.24) is 19.7 Å². The Morgan fingerprint density at radius 1 is 1.32 bits per heavy atom. The summed E-state index contributed by atoms with van der Waals surface area (Å²) in [5.41, 5.74) is 1.35. The van der Waals surface area contributed by atoms with Gasteiger partial charge in [-0.2, -0.15) is 5.10 Å². The molecule has 1 saturated heterocycles. The molecule has 1 N–H and O–H groups in total. The van der Waals surface area contributed by atoms with Gasteiger partial charge in [-0.15, -0.1) is 0 Å². The molecule has 4 rings (SSSR count). The van der Waals surface area contributed by atoms with Gasteiger partial charge in [-0.1, -0.05) is 23.2 Å². The number of fused-ring (bicyclic) bond motifs is 1. The van der Waals surface area contributed by atoms with E-state index in [-0.39, 0.29) is 25.1 Å². The van der Waals surface area contributed by atoms with Crippen molar-refractivity contribution in [3.63, 3.8) is 0 Å². The molecule has 0 saturated carbocycles. The number of aromatic nitrogens is 4. The van der Waals surface area contributed by atoms with Crippen LogP contribution in [0, 0.1) is 0 Å². The van der Waals surface area contributed by atoms with Gasteiger partial charge in [0.05, 0.1) is 46.9 Å². The number of ether oxygens (including phenoxy) is 1. The summed E-state index contributed by atoms with van der Waals surface area (Å²) in [4.78, 5) is 21.9. The van der Waals surface area contributed by atoms with E-state index in [4.69, 9.17) is 38.0 Å². The molecule has 1 aliphatic heterocycles. The van der Waals surface area contributed by atoms with E-state index in [0.717, 1.165) is 29.7 Å². The Morgan fingerprint density at radius 3 is 2.84 bits per heavy atom. The van der Waals surface area contributed by atoms with Crippen LogP contribution in [-0.2, 0) is 9.53 Å². The van der Waals surface area contributed by atoms with Crippen LogP contribution in [0.3, 0.4) is 0 Å². The molecule has 31 heavy (non-hydrogen) atoms. The first-order valence-corrected chi connectivity index (χ1v) is 11.3. The standard InChI is InChI=1S/C20H20BrCl2N5O3/c1-11-2-3-12(8-31-5-4-17(29)30)28(11)16-7-15(27-10-24-9-25-27)13-6-14(21)18(22)19(23)20(13)26-16/h6-7,9-12H,2-5,8H2,1H3,(H,29,30)/t11-,12-/m0/s1. The van der Waals surface area contributed by atoms with Crippen LogP contribution in [-0.4, -0.2) is 56.1 Å². The van der Waals surface area contributed by atoms with Crippen LogP contribution in [0.1, 0.15) is 26.2 Å². The van der Waals surface area contributed by atoms with E-state index in [0.29, 0.717) is 26.6 Å². The van der Waals surface area contributed by atoms with Gasteiger partial charge in [0.25, 0.3) is 0 Å². The number of benzene rings is 1. The third-order valence-corrected chi connectivity index (χ3v) is 7.10. The largest absolute Gasteiger partial charge is 0.481 e. The Labute approximate surface area is 197 Å². The van der Waals surface area contributed by atoms with Crippen molar-refractivity contribution in [2.75, 3.05) is 18.1 Å². The van der Waals surface area contributed by atoms with Crippen molar-refractivity contribution in [2.24, 2.45) is 0 Å². The minimum Gasteiger partial charge on any atom is -0.481 e. The van der Waals surface area contributed by atoms with Crippen molar-refractivity contribution < 1.29 is 14.6 Å². The van der Waals surface area contributed by atoms with Crippen molar-refractivity contribution >= 4 is 61.8 Å². The Hall–Kier alpha value is -1.94. The molecule has 11 heteroatoms. The molecule has 2 atom stereocenters. The monoisotopic (exact) mass is 527 g/mol. The molecule has 0 radical (unpaired) electrons. The molecular formula is C20H20BrCl2N5O3. The van der Waals surface area contributed by atoms with Crippen molar-refractivity contribution in [2.45, 2.75) is 38.3 Å². The van der Waals surface area contributed by atoms with E-state index < -0.39 is 5.97 Å². The van der Waals surface area contributed by atoms with Crippen LogP contribution < -0.4 is 4.90 Å². The second-order valence-corrected chi connectivity index (χ2v) is 9.04. The summed E-state index contributed by atoms with van der Waals surface area (Å²) in [6.45, 7) is 2.73. The predicted molar refractivity (Wildman–Crippen MR) is 122 cm³/mol. The first kappa shape index (κ1) is 22.3. The number of aliphatic carboxylic acids is 1. The van der Waals surface area contributed by atoms with E-state index >= 15 is 0 Å². The number of carboxylic acid groups (broad SMARTS) is 1. The third kappa shape index (κ3) is 4.50. The number of halogens is 3. The lowest BCUT2D eigenvalue weighted by Crippen LogP contribution is -2.38. The summed E-state index contributed by atoms with van der Waals surface area (Å²) in [6.07, 6.45) is 4.96. The van der Waals surface area contributed by atoms with Crippen LogP contribution in [0.15, 0.2) is 29.3 Å². The quantitative estimate of drug-likeness (QED) is 0.350. The number of hydrogen-bond acceptors (Lipinski definition) is 6. The van der Waals surface area contributed by atoms with E-state index in [2.05, 4.69) is 37.8 Å². The lowest BCUT2D eigenvalue weighted by Gasteiger charge is -2.30. The van der Waals surface area contributed by atoms with Gasteiger partial charge < -0.3 is 14.7 Å². The fourth-order valence-corrected chi connectivity index (χ4v) is 4.85. The average molecular weight is 529 g/mol. The zero-order chi connectivity index (χ0) is 22.1. The summed E-state index contributed by atoms with van der Waals surface area (Å²) < 4.78 is 7.98. The minimum absolute atomic E-state index is 0.0179. The topological polar surface area (TPSA) is 93.4 Å². The zero-order valence-corrected chi connectivity index (χ0v) is 19.7. The average Bonchev–Trinajstić information content (AvgIpc) is 3.39. The van der Waals surface area contributed by atoms with Crippen LogP contribution >= 0.6 is 39.1 Å². The smallest absolute Gasteiger partial charge is 0.305 e. The fourth-order valence-electron chi connectivity index (χ4n) is 3.92. The highest BCUT2D eigenvalue weighted by atomic mass is 79.9. The Balaban J connectivity index is 1.76. The molecule has 0 unspecified atom stereocenters. The van der Waals surface area contributed by atoms with Crippen LogP contribution in [0.2, 0.25) is 10.0 Å². The van der Waals surface area contributed by atoms with Crippen LogP contribution in [0.5, 0.6) is 0 Å². The molecule has 0 spiro atoms. The molecular weight excluding hydrogens is 509 g/mol. The maximum Gasteiger partial charge on any atom is 0.305 e. The highest BCUT2D eigenvalue weighted by Crippen LogP contribution is 2.40. The number of nitrogens with zero attached hydrogens (tertiary/aromatic N) is 5. The second kappa shape index (κ2) is 9.28. The Morgan fingerprint density at radius 2 is 2.13 bits per heavy atom. The number of hydrogen-bond donors (Lipinski definition) is 1. The molecule has 3 heterocycles. The highest BCUT2D eigenvalue weighted by Gasteiger charge is 2.33. The minimum atomic E-state index is -0.872. The molecule has 2 aromatic heterocycles. The van der Waals surface area contributed by atoms with E-state index in [1.54, 1.807) is 11.0 Å². The van der Waals surface area contributed by atoms with Gasteiger partial charge >= 0.3 is 5.97 Å². The lowest BCUT2D eigenvalue weighted by atomic mass is 10.1. The number of carboxylic acids is 1. The third-order valence-electron chi connectivity index (χ3n) is 5.39. The summed E-state index contributed by atoms with van der Waals surface area (Å²) in [5, 5.41) is 14.7. The van der Waals surface area contributed by atoms with Crippen molar-refractivity contribution in [3.8, 4) is 5.69 Å². The van der Waals surface area contributed by atoms with Gasteiger partial charge in [-0.3, -0.25) is 4.79 Å². The van der Waals surface area contributed by atoms with Gasteiger partial charge in [-0.05, 0) is 41.8 Å². The number of pyridine rings is 1. The molecule has 0 bridgehead atoms. The van der Waals surface area contributed by atoms with Gasteiger partial charge in [0.1, 0.15) is 18.5 Å². The first-order chi connectivity index (χ1) is 14.9. The van der Waals surface area contributed by atoms with E-state index in [9.17, 15) is 4.79 Å². The molecule has 3 aromatic rings. The summed E-state index contributed by atoms with van der Waals surface area (Å²) >= 11 is 16.4. The molecule has 0 aliphatic carbocycles. The van der Waals surface area contributed by atoms with Gasteiger partial charge in [0.2, 0.25) is 0 Å². The molecule has 1 fully saturated rings. The molecule has 1 aliphatic rings. The number of rotatable bonds is 7. The van der Waals surface area contributed by atoms with Crippen LogP contribution in [0.4, 0.5) is 5.82 Å². The maximum atomic E-state index is 10.8. The summed E-state index contributed by atoms with van der Waals surface area (Å²) in [5.74, 6) is -0.141. The summed E-state index contributed by atoms with van der Waals surface area (Å²) in [7, 11) is 0. The summed E-state index contributed by atoms with van der Waals surface area (Å²) in [6, 6.07) is 4.13. The molecule has 8 nitrogen and oxygen atoms in total. The van der Waals surface area contributed by atoms with Gasteiger partial charge in [-0.25, -0.2) is 14.6 Å². The van der Waals surface area contributed by atoms with Crippen molar-refractivity contribution in [3.05, 3.63) is 39.3 Å². The zero-order valence-electron chi connectivity index (χ0n) is 16.6. The molecule has 1 aromatic carbocycles. The number of anilines is 1. The van der Waals surface area contributed by atoms with E-state index in [1.165, 1.54) is 6.33 Å². The SMILES string of the molecule is C[C@H]1CC[C@@H](COCCC(=O)O)N1c1cc(-n2cncn2)c2cc(Br)c(Cl)c(Cl)c2n1. The van der Waals surface area contributed by atoms with Gasteiger partial charge in [0.15, 0.2) is 0 Å². The van der Waals surface area contributed by atoms with Crippen LogP contribution in [0.25, 0.3) is 16.6 Å². The fraction of sp³-hybridized carbons (Fsp3) is 0.400. The lowest BCUT2D eigenvalue weighted by molar-refractivity contribution is -0.138. The molecule has 0 amide bonds. The number of carbonyl (C=O) groups is 1. The first-order valence-electron chi connectivity index (χ1n) is 9.78.